The molecule has 0 radical (unpaired) electrons. The molecule has 94 valence electrons. The number of benzene rings is 1. The van der Waals surface area contributed by atoms with Crippen molar-refractivity contribution < 1.29 is 4.39 Å². The average Bonchev–Trinajstić information content (AvgIpc) is 2.32. The minimum absolute atomic E-state index is 0.0513. The third-order valence-electron chi connectivity index (χ3n) is 4.04. The Labute approximate surface area is 107 Å². The number of hydrogen-bond donors (Lipinski definition) is 1. The minimum atomic E-state index is -0.265. The highest BCUT2D eigenvalue weighted by atomic mass is 35.5. The zero-order chi connectivity index (χ0) is 12.5. The van der Waals surface area contributed by atoms with E-state index in [0.717, 1.165) is 18.4 Å². The summed E-state index contributed by atoms with van der Waals surface area (Å²) in [6.07, 6.45) is 5.88. The van der Waals surface area contributed by atoms with Crippen LogP contribution < -0.4 is 5.73 Å². The van der Waals surface area contributed by atoms with Gasteiger partial charge in [0.15, 0.2) is 0 Å². The molecule has 0 heterocycles. The second-order valence-electron chi connectivity index (χ2n) is 5.36. The molecule has 1 unspecified atom stereocenters. The fourth-order valence-corrected chi connectivity index (χ4v) is 3.03. The highest BCUT2D eigenvalue weighted by Gasteiger charge is 2.35. The molecule has 1 aromatic rings. The third-order valence-corrected chi connectivity index (χ3v) is 4.38. The van der Waals surface area contributed by atoms with Crippen LogP contribution in [0, 0.1) is 11.2 Å². The van der Waals surface area contributed by atoms with E-state index < -0.39 is 0 Å². The molecule has 17 heavy (non-hydrogen) atoms. The number of nitrogens with two attached hydrogens (primary N) is 1. The summed E-state index contributed by atoms with van der Waals surface area (Å²) in [5.74, 6) is -0.265. The number of rotatable bonds is 2. The largest absolute Gasteiger partial charge is 0.323 e. The van der Waals surface area contributed by atoms with Gasteiger partial charge in [0.25, 0.3) is 0 Å². The molecule has 3 heteroatoms. The lowest BCUT2D eigenvalue weighted by atomic mass is 9.69. The van der Waals surface area contributed by atoms with Crippen LogP contribution in [-0.2, 0) is 0 Å². The highest BCUT2D eigenvalue weighted by molar-refractivity contribution is 6.31. The van der Waals surface area contributed by atoms with Crippen LogP contribution in [0.3, 0.4) is 0 Å². The predicted octanol–water partition coefficient (Wildman–Crippen LogP) is 4.45. The lowest BCUT2D eigenvalue weighted by Gasteiger charge is -2.39. The molecule has 2 N–H and O–H groups in total. The average molecular weight is 256 g/mol. The van der Waals surface area contributed by atoms with E-state index in [2.05, 4.69) is 6.92 Å². The molecule has 0 amide bonds. The lowest BCUT2D eigenvalue weighted by Crippen LogP contribution is -2.34. The molecular weight excluding hydrogens is 237 g/mol. The maximum absolute atomic E-state index is 13.3. The van der Waals surface area contributed by atoms with Crippen LogP contribution in [0.1, 0.15) is 50.6 Å². The zero-order valence-electron chi connectivity index (χ0n) is 10.2. The van der Waals surface area contributed by atoms with E-state index in [9.17, 15) is 4.39 Å². The van der Waals surface area contributed by atoms with Gasteiger partial charge < -0.3 is 5.73 Å². The summed E-state index contributed by atoms with van der Waals surface area (Å²) in [6.45, 7) is 2.19. The topological polar surface area (TPSA) is 26.0 Å². The van der Waals surface area contributed by atoms with Gasteiger partial charge in [-0.05, 0) is 42.0 Å². The maximum Gasteiger partial charge on any atom is 0.123 e. The quantitative estimate of drug-likeness (QED) is 0.830. The fourth-order valence-electron chi connectivity index (χ4n) is 2.80. The van der Waals surface area contributed by atoms with Crippen LogP contribution in [0.25, 0.3) is 0 Å². The summed E-state index contributed by atoms with van der Waals surface area (Å²) in [6, 6.07) is 4.28. The van der Waals surface area contributed by atoms with Gasteiger partial charge in [-0.3, -0.25) is 0 Å². The summed E-state index contributed by atoms with van der Waals surface area (Å²) >= 11 is 6.13. The lowest BCUT2D eigenvalue weighted by molar-refractivity contribution is 0.170. The summed E-state index contributed by atoms with van der Waals surface area (Å²) < 4.78 is 13.3. The first-order chi connectivity index (χ1) is 8.03. The summed E-state index contributed by atoms with van der Waals surface area (Å²) in [5, 5.41) is 0.575. The molecule has 0 saturated heterocycles. The number of hydrogen-bond acceptors (Lipinski definition) is 1. The van der Waals surface area contributed by atoms with E-state index >= 15 is 0 Å². The molecule has 1 aromatic carbocycles. The minimum Gasteiger partial charge on any atom is -0.323 e. The normalized spacial score (nSPS) is 21.2. The van der Waals surface area contributed by atoms with Gasteiger partial charge in [-0.15, -0.1) is 0 Å². The van der Waals surface area contributed by atoms with Crippen molar-refractivity contribution in [2.75, 3.05) is 0 Å². The Bertz CT molecular complexity index is 399. The van der Waals surface area contributed by atoms with Gasteiger partial charge in [0.2, 0.25) is 0 Å². The van der Waals surface area contributed by atoms with Gasteiger partial charge >= 0.3 is 0 Å². The molecule has 1 aliphatic rings. The summed E-state index contributed by atoms with van der Waals surface area (Å²) in [4.78, 5) is 0. The van der Waals surface area contributed by atoms with E-state index in [1.807, 2.05) is 0 Å². The molecule has 0 aromatic heterocycles. The first-order valence-corrected chi connectivity index (χ1v) is 6.61. The van der Waals surface area contributed by atoms with Crippen LogP contribution in [0.5, 0.6) is 0 Å². The van der Waals surface area contributed by atoms with Crippen LogP contribution in [0.4, 0.5) is 4.39 Å². The van der Waals surface area contributed by atoms with Gasteiger partial charge in [-0.25, -0.2) is 4.39 Å². The van der Waals surface area contributed by atoms with Crippen LogP contribution in [-0.4, -0.2) is 0 Å². The van der Waals surface area contributed by atoms with Gasteiger partial charge in [-0.2, -0.15) is 0 Å². The van der Waals surface area contributed by atoms with Crippen molar-refractivity contribution in [3.05, 3.63) is 34.6 Å². The molecule has 0 spiro atoms. The van der Waals surface area contributed by atoms with Gasteiger partial charge in [0.1, 0.15) is 5.82 Å². The van der Waals surface area contributed by atoms with Crippen LogP contribution >= 0.6 is 11.6 Å². The molecule has 1 saturated carbocycles. The van der Waals surface area contributed by atoms with Crippen LogP contribution in [0.15, 0.2) is 18.2 Å². The van der Waals surface area contributed by atoms with Gasteiger partial charge in [-0.1, -0.05) is 37.8 Å². The van der Waals surface area contributed by atoms with E-state index in [-0.39, 0.29) is 17.3 Å². The van der Waals surface area contributed by atoms with Gasteiger partial charge in [0.05, 0.1) is 0 Å². The first-order valence-electron chi connectivity index (χ1n) is 6.23. The van der Waals surface area contributed by atoms with E-state index in [1.165, 1.54) is 31.4 Å². The Morgan fingerprint density at radius 3 is 2.59 bits per heavy atom. The first kappa shape index (κ1) is 12.8. The molecule has 1 fully saturated rings. The Balaban J connectivity index is 2.29. The molecule has 0 aliphatic heterocycles. The van der Waals surface area contributed by atoms with Crippen molar-refractivity contribution in [1.29, 1.82) is 0 Å². The van der Waals surface area contributed by atoms with Crippen molar-refractivity contribution in [2.24, 2.45) is 11.1 Å². The molecule has 1 atom stereocenters. The Kier molecular flexibility index (Phi) is 3.74. The predicted molar refractivity (Wildman–Crippen MR) is 69.5 cm³/mol. The van der Waals surface area contributed by atoms with Crippen molar-refractivity contribution in [1.82, 2.24) is 0 Å². The monoisotopic (exact) mass is 255 g/mol. The second-order valence-corrected chi connectivity index (χ2v) is 5.77. The summed E-state index contributed by atoms with van der Waals surface area (Å²) in [7, 11) is 0. The van der Waals surface area contributed by atoms with Gasteiger partial charge in [0, 0.05) is 11.1 Å². The second kappa shape index (κ2) is 4.95. The van der Waals surface area contributed by atoms with Crippen LogP contribution in [0.2, 0.25) is 5.02 Å². The van der Waals surface area contributed by atoms with Crippen molar-refractivity contribution >= 4 is 11.6 Å². The van der Waals surface area contributed by atoms with E-state index in [1.54, 1.807) is 6.07 Å². The Hall–Kier alpha value is -0.600. The number of halogens is 2. The van der Waals surface area contributed by atoms with Crippen molar-refractivity contribution in [2.45, 2.75) is 45.1 Å². The SMILES string of the molecule is CC1(C(N)c2cc(F)ccc2Cl)CCCCC1. The van der Waals surface area contributed by atoms with Crippen molar-refractivity contribution in [3.8, 4) is 0 Å². The molecule has 0 bridgehead atoms. The zero-order valence-corrected chi connectivity index (χ0v) is 10.9. The Morgan fingerprint density at radius 1 is 1.29 bits per heavy atom. The highest BCUT2D eigenvalue weighted by Crippen LogP contribution is 2.45. The standard InChI is InChI=1S/C14H19ClFN/c1-14(7-3-2-4-8-14)13(17)11-9-10(16)5-6-12(11)15/h5-6,9,13H,2-4,7-8,17H2,1H3. The van der Waals surface area contributed by atoms with Crippen molar-refractivity contribution in [3.63, 3.8) is 0 Å². The third kappa shape index (κ3) is 2.63. The fraction of sp³-hybridized carbons (Fsp3) is 0.571. The Morgan fingerprint density at radius 2 is 1.94 bits per heavy atom. The molecular formula is C14H19ClFN. The smallest absolute Gasteiger partial charge is 0.123 e. The molecule has 2 rings (SSSR count). The molecule has 1 aliphatic carbocycles. The van der Waals surface area contributed by atoms with E-state index in [0.29, 0.717) is 5.02 Å². The van der Waals surface area contributed by atoms with E-state index in [4.69, 9.17) is 17.3 Å². The maximum atomic E-state index is 13.3. The summed E-state index contributed by atoms with van der Waals surface area (Å²) in [5.41, 5.74) is 7.12. The molecule has 1 nitrogen and oxygen atoms in total.